The van der Waals surface area contributed by atoms with E-state index in [0.717, 1.165) is 20.9 Å². The summed E-state index contributed by atoms with van der Waals surface area (Å²) in [5, 5.41) is 0.909. The maximum Gasteiger partial charge on any atom is 0.343 e. The molecule has 0 amide bonds. The van der Waals surface area contributed by atoms with Gasteiger partial charge in [0, 0.05) is 20.1 Å². The van der Waals surface area contributed by atoms with Crippen LogP contribution < -0.4 is 4.74 Å². The molecule has 3 aromatic carbocycles. The summed E-state index contributed by atoms with van der Waals surface area (Å²) in [6.45, 7) is 3.81. The van der Waals surface area contributed by atoms with Gasteiger partial charge in [-0.1, -0.05) is 56.8 Å². The van der Waals surface area contributed by atoms with E-state index in [9.17, 15) is 9.59 Å². The lowest BCUT2D eigenvalue weighted by Gasteiger charge is -2.12. The predicted molar refractivity (Wildman–Crippen MR) is 137 cm³/mol. The van der Waals surface area contributed by atoms with Crippen molar-refractivity contribution in [3.63, 3.8) is 0 Å². The zero-order chi connectivity index (χ0) is 23.7. The zero-order valence-electron chi connectivity index (χ0n) is 17.9. The van der Waals surface area contributed by atoms with Gasteiger partial charge in [-0.2, -0.15) is 0 Å². The highest BCUT2D eigenvalue weighted by molar-refractivity contribution is 9.10. The van der Waals surface area contributed by atoms with Crippen molar-refractivity contribution >= 4 is 66.2 Å². The van der Waals surface area contributed by atoms with E-state index < -0.39 is 5.97 Å². The number of carbonyl (C=O) groups excluding carboxylic acids is 2. The highest BCUT2D eigenvalue weighted by Gasteiger charge is 2.26. The molecule has 0 radical (unpaired) electrons. The third-order valence-corrected chi connectivity index (χ3v) is 6.63. The number of ether oxygens (including phenoxy) is 1. The first kappa shape index (κ1) is 23.7. The molecule has 0 saturated heterocycles. The lowest BCUT2D eigenvalue weighted by Crippen LogP contribution is -2.10. The Labute approximate surface area is 213 Å². The number of esters is 1. The van der Waals surface area contributed by atoms with Gasteiger partial charge < -0.3 is 9.15 Å². The Morgan fingerprint density at radius 2 is 1.55 bits per heavy atom. The fourth-order valence-corrected chi connectivity index (χ4v) is 4.45. The lowest BCUT2D eigenvalue weighted by molar-refractivity contribution is 0.0735. The second-order valence-electron chi connectivity index (χ2n) is 7.59. The van der Waals surface area contributed by atoms with E-state index in [1.54, 1.807) is 61.5 Å². The molecule has 7 heteroatoms. The Balaban J connectivity index is 1.85. The average molecular weight is 591 g/mol. The summed E-state index contributed by atoms with van der Waals surface area (Å²) in [5.41, 5.74) is 2.59. The third-order valence-electron chi connectivity index (χ3n) is 5.29. The number of hydrogen-bond donors (Lipinski definition) is 0. The minimum absolute atomic E-state index is 0.170. The van der Waals surface area contributed by atoms with Crippen molar-refractivity contribution in [3.05, 3.63) is 96.6 Å². The first-order valence-electron chi connectivity index (χ1n) is 10.3. The van der Waals surface area contributed by atoms with E-state index in [1.807, 2.05) is 6.92 Å². The van der Waals surface area contributed by atoms with E-state index in [4.69, 9.17) is 20.8 Å². The van der Waals surface area contributed by atoms with Crippen molar-refractivity contribution in [2.75, 3.05) is 0 Å². The lowest BCUT2D eigenvalue weighted by atomic mass is 10.0. The van der Waals surface area contributed by atoms with Crippen molar-refractivity contribution in [3.8, 4) is 5.75 Å². The summed E-state index contributed by atoms with van der Waals surface area (Å²) >= 11 is 13.3. The quantitative estimate of drug-likeness (QED) is 0.129. The van der Waals surface area contributed by atoms with E-state index in [-0.39, 0.29) is 11.5 Å². The molecule has 0 spiro atoms. The van der Waals surface area contributed by atoms with E-state index in [0.29, 0.717) is 44.9 Å². The summed E-state index contributed by atoms with van der Waals surface area (Å²) < 4.78 is 13.6. The number of ketones is 1. The Kier molecular flexibility index (Phi) is 7.07. The minimum Gasteiger partial charge on any atom is -0.451 e. The molecular weight excluding hydrogens is 572 g/mol. The second-order valence-corrected chi connectivity index (χ2v) is 9.83. The van der Waals surface area contributed by atoms with Crippen molar-refractivity contribution in [1.82, 2.24) is 0 Å². The molecule has 0 fully saturated rings. The molecule has 0 saturated carbocycles. The first-order chi connectivity index (χ1) is 15.8. The van der Waals surface area contributed by atoms with Crippen LogP contribution in [0.4, 0.5) is 0 Å². The monoisotopic (exact) mass is 588 g/mol. The number of halogens is 3. The van der Waals surface area contributed by atoms with Gasteiger partial charge in [0.2, 0.25) is 5.78 Å². The number of benzene rings is 3. The fourth-order valence-electron chi connectivity index (χ4n) is 3.66. The van der Waals surface area contributed by atoms with Crippen LogP contribution in [0.3, 0.4) is 0 Å². The van der Waals surface area contributed by atoms with Crippen molar-refractivity contribution in [2.24, 2.45) is 0 Å². The second kappa shape index (κ2) is 9.84. The highest BCUT2D eigenvalue weighted by Crippen LogP contribution is 2.41. The Morgan fingerprint density at radius 1 is 0.970 bits per heavy atom. The maximum atomic E-state index is 13.2. The molecule has 0 aliphatic heterocycles. The molecule has 0 unspecified atom stereocenters. The average Bonchev–Trinajstić information content (AvgIpc) is 3.15. The van der Waals surface area contributed by atoms with Crippen LogP contribution in [-0.2, 0) is 6.42 Å². The smallest absolute Gasteiger partial charge is 0.343 e. The van der Waals surface area contributed by atoms with Crippen LogP contribution in [0.2, 0.25) is 5.02 Å². The maximum absolute atomic E-state index is 13.2. The number of aryl methyl sites for hydroxylation is 2. The van der Waals surface area contributed by atoms with Gasteiger partial charge in [0.1, 0.15) is 5.75 Å². The van der Waals surface area contributed by atoms with Crippen LogP contribution in [0.1, 0.15) is 50.9 Å². The van der Waals surface area contributed by atoms with Gasteiger partial charge in [0.25, 0.3) is 0 Å². The fraction of sp³-hybridized carbons (Fsp3) is 0.154. The molecule has 1 aromatic heterocycles. The van der Waals surface area contributed by atoms with Gasteiger partial charge in [0.05, 0.1) is 16.0 Å². The van der Waals surface area contributed by atoms with Crippen molar-refractivity contribution in [1.29, 1.82) is 0 Å². The molecule has 4 aromatic rings. The summed E-state index contributed by atoms with van der Waals surface area (Å²) in [6, 6.07) is 15.7. The Bertz CT molecular complexity index is 1360. The van der Waals surface area contributed by atoms with Crippen LogP contribution in [0.5, 0.6) is 5.75 Å². The predicted octanol–water partition coefficient (Wildman–Crippen LogP) is 8.32. The molecule has 0 N–H and O–H groups in total. The zero-order valence-corrected chi connectivity index (χ0v) is 21.8. The molecule has 0 aliphatic rings. The molecular formula is C26H19Br2ClO4. The van der Waals surface area contributed by atoms with Gasteiger partial charge in [-0.05, 0) is 73.5 Å². The summed E-state index contributed by atoms with van der Waals surface area (Å²) in [5.74, 6) is -0.219. The number of furan rings is 1. The third kappa shape index (κ3) is 4.79. The molecule has 0 atom stereocenters. The molecule has 0 bridgehead atoms. The van der Waals surface area contributed by atoms with Gasteiger partial charge in [-0.3, -0.25) is 4.79 Å². The van der Waals surface area contributed by atoms with Crippen LogP contribution >= 0.6 is 43.5 Å². The number of hydrogen-bond acceptors (Lipinski definition) is 4. The van der Waals surface area contributed by atoms with Gasteiger partial charge in [0.15, 0.2) is 11.3 Å². The number of carbonyl (C=O) groups is 2. The molecule has 33 heavy (non-hydrogen) atoms. The number of rotatable bonds is 6. The standard InChI is InChI=1S/C26H19Br2ClO4/c1-3-4-17-13-20(29)25-21(24(17)33-26(31)16-7-11-19(28)12-8-16)14(2)23(32-25)22(30)15-5-9-18(27)10-6-15/h5-13H,3-4H2,1-2H3. The topological polar surface area (TPSA) is 56.5 Å². The summed E-state index contributed by atoms with van der Waals surface area (Å²) in [4.78, 5) is 26.1. The van der Waals surface area contributed by atoms with Gasteiger partial charge in [-0.25, -0.2) is 4.79 Å². The largest absolute Gasteiger partial charge is 0.451 e. The Hall–Kier alpha value is -2.41. The summed E-state index contributed by atoms with van der Waals surface area (Å²) in [7, 11) is 0. The van der Waals surface area contributed by atoms with Crippen LogP contribution in [0.15, 0.2) is 68.0 Å². The van der Waals surface area contributed by atoms with Crippen molar-refractivity contribution in [2.45, 2.75) is 26.7 Å². The molecule has 168 valence electrons. The van der Waals surface area contributed by atoms with E-state index in [1.165, 1.54) is 0 Å². The first-order valence-corrected chi connectivity index (χ1v) is 12.3. The minimum atomic E-state index is -0.495. The van der Waals surface area contributed by atoms with E-state index >= 15 is 0 Å². The molecule has 4 rings (SSSR count). The summed E-state index contributed by atoms with van der Waals surface area (Å²) in [6.07, 6.45) is 1.48. The number of fused-ring (bicyclic) bond motifs is 1. The van der Waals surface area contributed by atoms with Crippen LogP contribution in [0, 0.1) is 6.92 Å². The van der Waals surface area contributed by atoms with Gasteiger partial charge >= 0.3 is 5.97 Å². The SMILES string of the molecule is CCCc1cc(Cl)c2oc(C(=O)c3ccc(Br)cc3)c(C)c2c1OC(=O)c1ccc(Br)cc1. The van der Waals surface area contributed by atoms with Crippen LogP contribution in [-0.4, -0.2) is 11.8 Å². The normalized spacial score (nSPS) is 11.1. The van der Waals surface area contributed by atoms with Crippen molar-refractivity contribution < 1.29 is 18.7 Å². The Morgan fingerprint density at radius 3 is 2.12 bits per heavy atom. The molecule has 4 nitrogen and oxygen atoms in total. The molecule has 0 aliphatic carbocycles. The van der Waals surface area contributed by atoms with Crippen LogP contribution in [0.25, 0.3) is 11.0 Å². The highest BCUT2D eigenvalue weighted by atomic mass is 79.9. The molecule has 1 heterocycles. The van der Waals surface area contributed by atoms with E-state index in [2.05, 4.69) is 31.9 Å². The van der Waals surface area contributed by atoms with Gasteiger partial charge in [-0.15, -0.1) is 0 Å².